The van der Waals surface area contributed by atoms with E-state index in [2.05, 4.69) is 49.1 Å². The largest absolute Gasteiger partial charge is 0.297 e. The number of hydrogen-bond acceptors (Lipinski definition) is 3. The standard InChI is InChI=1S/C14H33NS3/c1-14(2)11-9-7-5-4-6-8-10-12-15(3)13-18(16)17/h14,16-18H,4-13H2,1-3H3. The Balaban J connectivity index is 3.11. The van der Waals surface area contributed by atoms with E-state index in [0.29, 0.717) is 0 Å². The number of hydrogen-bond donors (Lipinski definition) is 3. The molecule has 0 spiro atoms. The Morgan fingerprint density at radius 3 is 1.89 bits per heavy atom. The molecule has 0 atom stereocenters. The Kier molecular flexibility index (Phi) is 13.7. The summed E-state index contributed by atoms with van der Waals surface area (Å²) < 4.78 is 0. The molecular formula is C14H33NS3. The van der Waals surface area contributed by atoms with E-state index in [-0.39, 0.29) is 8.96 Å². The van der Waals surface area contributed by atoms with Gasteiger partial charge in [-0.1, -0.05) is 58.8 Å². The highest BCUT2D eigenvalue weighted by Crippen LogP contribution is 2.34. The van der Waals surface area contributed by atoms with Gasteiger partial charge in [0.1, 0.15) is 0 Å². The van der Waals surface area contributed by atoms with Gasteiger partial charge in [-0.05, 0) is 25.9 Å². The zero-order valence-corrected chi connectivity index (χ0v) is 15.1. The lowest BCUT2D eigenvalue weighted by Gasteiger charge is -2.19. The van der Waals surface area contributed by atoms with Crippen molar-refractivity contribution < 1.29 is 0 Å². The maximum Gasteiger partial charge on any atom is 0.0424 e. The first-order valence-corrected chi connectivity index (χ1v) is 11.2. The highest BCUT2D eigenvalue weighted by Gasteiger charge is 2.00. The molecule has 0 aliphatic carbocycles. The van der Waals surface area contributed by atoms with Crippen molar-refractivity contribution in [2.24, 2.45) is 5.92 Å². The molecule has 4 heteroatoms. The Bertz CT molecular complexity index is 174. The van der Waals surface area contributed by atoms with Gasteiger partial charge in [-0.2, -0.15) is 0 Å². The van der Waals surface area contributed by atoms with Crippen LogP contribution < -0.4 is 0 Å². The van der Waals surface area contributed by atoms with Gasteiger partial charge in [-0.25, -0.2) is 0 Å². The number of rotatable bonds is 12. The van der Waals surface area contributed by atoms with E-state index in [9.17, 15) is 0 Å². The van der Waals surface area contributed by atoms with Crippen LogP contribution in [-0.4, -0.2) is 24.4 Å². The molecule has 0 aromatic rings. The van der Waals surface area contributed by atoms with Crippen molar-refractivity contribution in [3.63, 3.8) is 0 Å². The van der Waals surface area contributed by atoms with Crippen LogP contribution in [0.4, 0.5) is 0 Å². The lowest BCUT2D eigenvalue weighted by atomic mass is 10.0. The second kappa shape index (κ2) is 13.0. The molecule has 0 heterocycles. The maximum absolute atomic E-state index is 4.35. The molecule has 0 radical (unpaired) electrons. The second-order valence-electron chi connectivity index (χ2n) is 5.75. The van der Waals surface area contributed by atoms with Crippen molar-refractivity contribution in [3.8, 4) is 0 Å². The molecule has 0 aliphatic rings. The third-order valence-corrected chi connectivity index (χ3v) is 4.68. The van der Waals surface area contributed by atoms with E-state index >= 15 is 0 Å². The van der Waals surface area contributed by atoms with Crippen molar-refractivity contribution in [1.29, 1.82) is 0 Å². The summed E-state index contributed by atoms with van der Waals surface area (Å²) in [5.41, 5.74) is 0. The molecule has 0 aromatic carbocycles. The highest BCUT2D eigenvalue weighted by atomic mass is 33.5. The predicted molar refractivity (Wildman–Crippen MR) is 96.2 cm³/mol. The zero-order chi connectivity index (χ0) is 13.8. The first-order chi connectivity index (χ1) is 8.52. The Labute approximate surface area is 127 Å². The Morgan fingerprint density at radius 2 is 1.39 bits per heavy atom. The van der Waals surface area contributed by atoms with Crippen LogP contribution in [0.15, 0.2) is 0 Å². The minimum absolute atomic E-state index is 0.365. The first kappa shape index (κ1) is 19.0. The van der Waals surface area contributed by atoms with Gasteiger partial charge in [0.05, 0.1) is 0 Å². The van der Waals surface area contributed by atoms with Crippen molar-refractivity contribution in [2.75, 3.05) is 19.5 Å². The zero-order valence-electron chi connectivity index (χ0n) is 12.4. The summed E-state index contributed by atoms with van der Waals surface area (Å²) in [5, 5.41) is 0. The molecule has 0 amide bonds. The SMILES string of the molecule is CC(C)CCCCCCCCCN(C)C[SH](S)S. The lowest BCUT2D eigenvalue weighted by molar-refractivity contribution is 0.376. The monoisotopic (exact) mass is 311 g/mol. The van der Waals surface area contributed by atoms with Gasteiger partial charge in [-0.3, -0.25) is 4.90 Å². The highest BCUT2D eigenvalue weighted by molar-refractivity contribution is 9.09. The van der Waals surface area contributed by atoms with Crippen LogP contribution >= 0.6 is 32.3 Å². The fourth-order valence-electron chi connectivity index (χ4n) is 2.10. The van der Waals surface area contributed by atoms with Crippen LogP contribution in [0.2, 0.25) is 0 Å². The van der Waals surface area contributed by atoms with Crippen molar-refractivity contribution in [3.05, 3.63) is 0 Å². The molecule has 0 N–H and O–H groups in total. The third-order valence-electron chi connectivity index (χ3n) is 3.19. The summed E-state index contributed by atoms with van der Waals surface area (Å²) in [4.78, 5) is 2.36. The Hall–Kier alpha value is 1.01. The van der Waals surface area contributed by atoms with E-state index in [1.165, 1.54) is 57.9 Å². The van der Waals surface area contributed by atoms with Gasteiger partial charge in [0.2, 0.25) is 0 Å². The van der Waals surface area contributed by atoms with Gasteiger partial charge in [0.25, 0.3) is 0 Å². The average molecular weight is 312 g/mol. The summed E-state index contributed by atoms with van der Waals surface area (Å²) in [6, 6.07) is 0. The summed E-state index contributed by atoms with van der Waals surface area (Å²) >= 11 is 8.70. The van der Waals surface area contributed by atoms with E-state index in [0.717, 1.165) is 11.8 Å². The van der Waals surface area contributed by atoms with E-state index in [4.69, 9.17) is 0 Å². The molecule has 18 heavy (non-hydrogen) atoms. The van der Waals surface area contributed by atoms with Crippen LogP contribution in [0, 0.1) is 5.92 Å². The van der Waals surface area contributed by atoms with Crippen LogP contribution in [0.25, 0.3) is 0 Å². The number of thiol groups is 3. The van der Waals surface area contributed by atoms with Crippen LogP contribution in [0.1, 0.15) is 65.2 Å². The molecule has 0 bridgehead atoms. The molecule has 0 saturated heterocycles. The van der Waals surface area contributed by atoms with Gasteiger partial charge in [-0.15, -0.1) is 32.3 Å². The average Bonchev–Trinajstić information content (AvgIpc) is 2.25. The summed E-state index contributed by atoms with van der Waals surface area (Å²) in [6.07, 6.45) is 11.2. The summed E-state index contributed by atoms with van der Waals surface area (Å²) in [6.45, 7) is 5.84. The van der Waals surface area contributed by atoms with Crippen molar-refractivity contribution in [1.82, 2.24) is 4.90 Å². The fraction of sp³-hybridized carbons (Fsp3) is 1.00. The smallest absolute Gasteiger partial charge is 0.0424 e. The predicted octanol–water partition coefficient (Wildman–Crippen LogP) is 5.34. The van der Waals surface area contributed by atoms with E-state index in [1.807, 2.05) is 0 Å². The van der Waals surface area contributed by atoms with Gasteiger partial charge in [0.15, 0.2) is 0 Å². The normalized spacial score (nSPS) is 12.5. The minimum Gasteiger partial charge on any atom is -0.297 e. The molecular weight excluding hydrogens is 278 g/mol. The maximum atomic E-state index is 4.35. The molecule has 0 unspecified atom stereocenters. The third kappa shape index (κ3) is 15.1. The molecule has 0 rings (SSSR count). The van der Waals surface area contributed by atoms with Crippen LogP contribution in [-0.2, 0) is 0 Å². The van der Waals surface area contributed by atoms with Gasteiger partial charge >= 0.3 is 0 Å². The number of unbranched alkanes of at least 4 members (excludes halogenated alkanes) is 6. The molecule has 1 nitrogen and oxygen atoms in total. The van der Waals surface area contributed by atoms with Crippen molar-refractivity contribution in [2.45, 2.75) is 65.2 Å². The summed E-state index contributed by atoms with van der Waals surface area (Å²) in [7, 11) is 1.81. The van der Waals surface area contributed by atoms with Crippen LogP contribution in [0.3, 0.4) is 0 Å². The van der Waals surface area contributed by atoms with Crippen molar-refractivity contribution >= 4 is 32.3 Å². The topological polar surface area (TPSA) is 3.24 Å². The molecule has 0 fully saturated rings. The molecule has 0 aliphatic heterocycles. The quantitative estimate of drug-likeness (QED) is 0.249. The molecule has 112 valence electrons. The molecule has 0 saturated carbocycles. The van der Waals surface area contributed by atoms with E-state index < -0.39 is 0 Å². The summed E-state index contributed by atoms with van der Waals surface area (Å²) in [5.74, 6) is 1.92. The molecule has 0 aromatic heterocycles. The first-order valence-electron chi connectivity index (χ1n) is 7.36. The van der Waals surface area contributed by atoms with Gasteiger partial charge in [0, 0.05) is 5.88 Å². The van der Waals surface area contributed by atoms with Crippen LogP contribution in [0.5, 0.6) is 0 Å². The van der Waals surface area contributed by atoms with Gasteiger partial charge < -0.3 is 0 Å². The minimum atomic E-state index is -0.365. The Morgan fingerprint density at radius 1 is 0.889 bits per heavy atom. The lowest BCUT2D eigenvalue weighted by Crippen LogP contribution is -2.19. The van der Waals surface area contributed by atoms with E-state index in [1.54, 1.807) is 0 Å². The second-order valence-corrected chi connectivity index (χ2v) is 10.6. The fourth-order valence-corrected chi connectivity index (χ4v) is 3.97. The number of nitrogens with zero attached hydrogens (tertiary/aromatic N) is 1.